The van der Waals surface area contributed by atoms with Gasteiger partial charge in [-0.05, 0) is 46.2 Å². The van der Waals surface area contributed by atoms with Crippen LogP contribution >= 0.6 is 27.3 Å². The van der Waals surface area contributed by atoms with Gasteiger partial charge in [0.25, 0.3) is 0 Å². The lowest BCUT2D eigenvalue weighted by molar-refractivity contribution is 0.598. The molecule has 6 heteroatoms. The molecule has 2 aromatic carbocycles. The number of primary sulfonamides is 1. The quantitative estimate of drug-likeness (QED) is 0.712. The molecular formula is C16H12BrNO2S2. The lowest BCUT2D eigenvalue weighted by Gasteiger charge is -2.06. The first-order chi connectivity index (χ1) is 10.4. The van der Waals surface area contributed by atoms with Gasteiger partial charge in [-0.1, -0.05) is 40.2 Å². The topological polar surface area (TPSA) is 60.2 Å². The molecule has 0 saturated heterocycles. The second kappa shape index (κ2) is 5.96. The fourth-order valence-corrected chi connectivity index (χ4v) is 3.84. The Labute approximate surface area is 141 Å². The Hall–Kier alpha value is -1.47. The number of rotatable bonds is 3. The smallest absolute Gasteiger partial charge is 0.225 e. The van der Waals surface area contributed by atoms with E-state index in [-0.39, 0.29) is 4.90 Å². The summed E-state index contributed by atoms with van der Waals surface area (Å²) in [6, 6.07) is 14.7. The van der Waals surface area contributed by atoms with Crippen molar-refractivity contribution in [1.82, 2.24) is 0 Å². The van der Waals surface area contributed by atoms with Crippen LogP contribution in [0.1, 0.15) is 0 Å². The van der Waals surface area contributed by atoms with E-state index in [4.69, 9.17) is 5.14 Å². The molecule has 2 N–H and O–H groups in total. The molecule has 0 saturated carbocycles. The third kappa shape index (κ3) is 3.15. The van der Waals surface area contributed by atoms with E-state index in [1.54, 1.807) is 23.5 Å². The van der Waals surface area contributed by atoms with Crippen molar-refractivity contribution in [1.29, 1.82) is 0 Å². The molecule has 0 aliphatic heterocycles. The molecule has 0 fully saturated rings. The molecule has 1 aromatic heterocycles. The van der Waals surface area contributed by atoms with Crippen LogP contribution in [0.2, 0.25) is 0 Å². The number of hydrogen-bond acceptors (Lipinski definition) is 3. The first-order valence-electron chi connectivity index (χ1n) is 6.40. The number of benzene rings is 2. The van der Waals surface area contributed by atoms with Gasteiger partial charge in [0.15, 0.2) is 0 Å². The third-order valence-electron chi connectivity index (χ3n) is 3.31. The van der Waals surface area contributed by atoms with Crippen LogP contribution in [0.15, 0.2) is 68.7 Å². The maximum absolute atomic E-state index is 11.3. The lowest BCUT2D eigenvalue weighted by atomic mass is 9.99. The van der Waals surface area contributed by atoms with Gasteiger partial charge in [0.2, 0.25) is 10.0 Å². The van der Waals surface area contributed by atoms with Gasteiger partial charge in [-0.15, -0.1) is 0 Å². The molecule has 3 nitrogen and oxygen atoms in total. The second-order valence-corrected chi connectivity index (χ2v) is 8.00. The highest BCUT2D eigenvalue weighted by Gasteiger charge is 2.11. The zero-order valence-electron chi connectivity index (χ0n) is 11.4. The molecule has 0 unspecified atom stereocenters. The molecule has 22 heavy (non-hydrogen) atoms. The second-order valence-electron chi connectivity index (χ2n) is 4.78. The molecule has 3 rings (SSSR count). The predicted octanol–water partition coefficient (Wildman–Crippen LogP) is 4.49. The number of halogens is 1. The van der Waals surface area contributed by atoms with E-state index in [9.17, 15) is 8.42 Å². The van der Waals surface area contributed by atoms with Crippen LogP contribution in [0, 0.1) is 0 Å². The fourth-order valence-electron chi connectivity index (χ4n) is 2.20. The van der Waals surface area contributed by atoms with Crippen LogP contribution in [-0.2, 0) is 10.0 Å². The van der Waals surface area contributed by atoms with E-state index in [2.05, 4.69) is 26.7 Å². The molecule has 0 spiro atoms. The number of thiophene rings is 1. The van der Waals surface area contributed by atoms with Crippen molar-refractivity contribution < 1.29 is 8.42 Å². The molecule has 0 aliphatic rings. The van der Waals surface area contributed by atoms with Gasteiger partial charge in [-0.3, -0.25) is 0 Å². The summed E-state index contributed by atoms with van der Waals surface area (Å²) in [6.45, 7) is 0. The summed E-state index contributed by atoms with van der Waals surface area (Å²) in [5, 5.41) is 9.28. The van der Waals surface area contributed by atoms with Crippen molar-refractivity contribution in [2.75, 3.05) is 0 Å². The molecule has 3 aromatic rings. The number of nitrogens with two attached hydrogens (primary N) is 1. The number of hydrogen-bond donors (Lipinski definition) is 1. The zero-order chi connectivity index (χ0) is 15.7. The standard InChI is InChI=1S/C16H12BrNO2S2/c17-13-5-1-11(2-6-13)15-9-21-10-16(15)12-3-7-14(8-4-12)22(18,19)20/h1-10H,(H2,18,19,20). The lowest BCUT2D eigenvalue weighted by Crippen LogP contribution is -2.11. The first kappa shape index (κ1) is 15.4. The fraction of sp³-hybridized carbons (Fsp3) is 0. The highest BCUT2D eigenvalue weighted by molar-refractivity contribution is 9.10. The van der Waals surface area contributed by atoms with E-state index in [0.717, 1.165) is 26.7 Å². The summed E-state index contributed by atoms with van der Waals surface area (Å²) in [5.41, 5.74) is 4.29. The van der Waals surface area contributed by atoms with Gasteiger partial charge < -0.3 is 0 Å². The predicted molar refractivity (Wildman–Crippen MR) is 94.3 cm³/mol. The van der Waals surface area contributed by atoms with E-state index in [1.165, 1.54) is 12.1 Å². The molecule has 0 radical (unpaired) electrons. The zero-order valence-corrected chi connectivity index (χ0v) is 14.6. The molecule has 1 heterocycles. The van der Waals surface area contributed by atoms with Crippen molar-refractivity contribution in [3.8, 4) is 22.3 Å². The Balaban J connectivity index is 2.03. The SMILES string of the molecule is NS(=O)(=O)c1ccc(-c2cscc2-c2ccc(Br)cc2)cc1. The summed E-state index contributed by atoms with van der Waals surface area (Å²) >= 11 is 5.05. The Morgan fingerprint density at radius 3 is 1.73 bits per heavy atom. The largest absolute Gasteiger partial charge is 0.238 e. The minimum absolute atomic E-state index is 0.122. The average molecular weight is 394 g/mol. The highest BCUT2D eigenvalue weighted by atomic mass is 79.9. The summed E-state index contributed by atoms with van der Waals surface area (Å²) in [7, 11) is -3.66. The monoisotopic (exact) mass is 393 g/mol. The third-order valence-corrected chi connectivity index (χ3v) is 5.51. The summed E-state index contributed by atoms with van der Waals surface area (Å²) in [5.74, 6) is 0. The maximum Gasteiger partial charge on any atom is 0.238 e. The summed E-state index contributed by atoms with van der Waals surface area (Å²) < 4.78 is 23.7. The molecule has 0 aliphatic carbocycles. The molecular weight excluding hydrogens is 382 g/mol. The minimum atomic E-state index is -3.66. The van der Waals surface area contributed by atoms with E-state index in [1.807, 2.05) is 24.3 Å². The van der Waals surface area contributed by atoms with Gasteiger partial charge in [0.1, 0.15) is 0 Å². The van der Waals surface area contributed by atoms with E-state index >= 15 is 0 Å². The average Bonchev–Trinajstić information content (AvgIpc) is 2.97. The Kier molecular flexibility index (Phi) is 4.18. The van der Waals surface area contributed by atoms with Gasteiger partial charge in [0, 0.05) is 15.6 Å². The van der Waals surface area contributed by atoms with Crippen molar-refractivity contribution in [3.05, 3.63) is 63.8 Å². The van der Waals surface area contributed by atoms with Crippen LogP contribution in [-0.4, -0.2) is 8.42 Å². The van der Waals surface area contributed by atoms with E-state index < -0.39 is 10.0 Å². The minimum Gasteiger partial charge on any atom is -0.225 e. The van der Waals surface area contributed by atoms with Crippen LogP contribution in [0.4, 0.5) is 0 Å². The maximum atomic E-state index is 11.3. The van der Waals surface area contributed by atoms with Gasteiger partial charge in [-0.2, -0.15) is 11.3 Å². The Bertz CT molecular complexity index is 898. The van der Waals surface area contributed by atoms with Crippen molar-refractivity contribution in [2.45, 2.75) is 4.90 Å². The van der Waals surface area contributed by atoms with Crippen molar-refractivity contribution >= 4 is 37.3 Å². The molecule has 0 atom stereocenters. The van der Waals surface area contributed by atoms with Crippen molar-refractivity contribution in [2.24, 2.45) is 5.14 Å². The Morgan fingerprint density at radius 2 is 1.27 bits per heavy atom. The van der Waals surface area contributed by atoms with Crippen LogP contribution in [0.3, 0.4) is 0 Å². The van der Waals surface area contributed by atoms with Crippen LogP contribution in [0.25, 0.3) is 22.3 Å². The highest BCUT2D eigenvalue weighted by Crippen LogP contribution is 2.36. The van der Waals surface area contributed by atoms with Gasteiger partial charge in [-0.25, -0.2) is 13.6 Å². The number of sulfonamides is 1. The first-order valence-corrected chi connectivity index (χ1v) is 9.69. The normalized spacial score (nSPS) is 11.5. The molecule has 112 valence electrons. The van der Waals surface area contributed by atoms with Gasteiger partial charge >= 0.3 is 0 Å². The molecule has 0 bridgehead atoms. The van der Waals surface area contributed by atoms with Crippen LogP contribution in [0.5, 0.6) is 0 Å². The van der Waals surface area contributed by atoms with Crippen molar-refractivity contribution in [3.63, 3.8) is 0 Å². The Morgan fingerprint density at radius 1 is 0.818 bits per heavy atom. The van der Waals surface area contributed by atoms with E-state index in [0.29, 0.717) is 0 Å². The summed E-state index contributed by atoms with van der Waals surface area (Å²) in [6.07, 6.45) is 0. The molecule has 0 amide bonds. The summed E-state index contributed by atoms with van der Waals surface area (Å²) in [4.78, 5) is 0.122. The van der Waals surface area contributed by atoms with Crippen LogP contribution < -0.4 is 5.14 Å². The van der Waals surface area contributed by atoms with Gasteiger partial charge in [0.05, 0.1) is 4.90 Å².